The van der Waals surface area contributed by atoms with Crippen molar-refractivity contribution in [3.05, 3.63) is 88.8 Å². The molecule has 1 amide bonds. The number of nitrogens with zero attached hydrogens (tertiary/aromatic N) is 2. The van der Waals surface area contributed by atoms with Crippen LogP contribution < -0.4 is 10.2 Å². The van der Waals surface area contributed by atoms with Crippen molar-refractivity contribution in [3.8, 4) is 5.75 Å². The molecule has 1 unspecified atom stereocenters. The van der Waals surface area contributed by atoms with E-state index in [-0.39, 0.29) is 11.9 Å². The Morgan fingerprint density at radius 1 is 1.12 bits per heavy atom. The molecule has 2 aromatic carbocycles. The Morgan fingerprint density at radius 3 is 2.69 bits per heavy atom. The number of hydrogen-bond acceptors (Lipinski definition) is 5. The monoisotopic (exact) mass is 461 g/mol. The Balaban J connectivity index is 1.39. The van der Waals surface area contributed by atoms with Gasteiger partial charge in [-0.1, -0.05) is 36.4 Å². The number of carbonyl (C=O) groups excluding carboxylic acids is 1. The van der Waals surface area contributed by atoms with Gasteiger partial charge in [0.1, 0.15) is 5.75 Å². The van der Waals surface area contributed by atoms with Crippen molar-refractivity contribution in [2.45, 2.75) is 10.9 Å². The van der Waals surface area contributed by atoms with Crippen LogP contribution >= 0.6 is 23.1 Å². The standard InChI is InChI=1S/C25H23N3O2S2/c1-27-15-24(19-6-3-4-7-21(19)27)32-16-25(29)28-22(17-9-11-18(30-2)12-10-17)14-20(26-28)23-8-5-13-31-23/h3-15,22,26H,16H2,1-2H3. The number of rotatable bonds is 6. The minimum absolute atomic E-state index is 0.0339. The van der Waals surface area contributed by atoms with Gasteiger partial charge in [-0.3, -0.25) is 10.2 Å². The van der Waals surface area contributed by atoms with Gasteiger partial charge in [0.05, 0.1) is 29.5 Å². The second kappa shape index (κ2) is 8.76. The van der Waals surface area contributed by atoms with Crippen LogP contribution in [0.4, 0.5) is 0 Å². The number of thiophene rings is 1. The number of hydrogen-bond donors (Lipinski definition) is 1. The molecule has 0 spiro atoms. The molecule has 0 fully saturated rings. The number of aryl methyl sites for hydroxylation is 1. The summed E-state index contributed by atoms with van der Waals surface area (Å²) in [6.07, 6.45) is 4.21. The van der Waals surface area contributed by atoms with Crippen molar-refractivity contribution in [2.24, 2.45) is 7.05 Å². The lowest BCUT2D eigenvalue weighted by molar-refractivity contribution is -0.131. The smallest absolute Gasteiger partial charge is 0.252 e. The van der Waals surface area contributed by atoms with Crippen molar-refractivity contribution in [3.63, 3.8) is 0 Å². The van der Waals surface area contributed by atoms with E-state index >= 15 is 0 Å². The number of ether oxygens (including phenoxy) is 1. The van der Waals surface area contributed by atoms with Crippen LogP contribution in [-0.2, 0) is 11.8 Å². The van der Waals surface area contributed by atoms with E-state index in [1.54, 1.807) is 35.2 Å². The van der Waals surface area contributed by atoms with Gasteiger partial charge < -0.3 is 9.30 Å². The molecule has 0 aliphatic carbocycles. The topological polar surface area (TPSA) is 46.5 Å². The molecule has 1 aliphatic rings. The molecular formula is C25H23N3O2S2. The molecule has 1 N–H and O–H groups in total. The molecule has 32 heavy (non-hydrogen) atoms. The van der Waals surface area contributed by atoms with Crippen LogP contribution in [0.3, 0.4) is 0 Å². The lowest BCUT2D eigenvalue weighted by atomic mass is 10.1. The van der Waals surface area contributed by atoms with Crippen molar-refractivity contribution in [1.29, 1.82) is 0 Å². The molecule has 0 saturated carbocycles. The summed E-state index contributed by atoms with van der Waals surface area (Å²) in [6, 6.07) is 20.1. The first-order chi connectivity index (χ1) is 15.6. The van der Waals surface area contributed by atoms with E-state index in [4.69, 9.17) is 4.74 Å². The second-order valence-corrected chi connectivity index (χ2v) is 9.53. The second-order valence-electron chi connectivity index (χ2n) is 7.56. The van der Waals surface area contributed by atoms with Gasteiger partial charge in [-0.2, -0.15) is 0 Å². The highest BCUT2D eigenvalue weighted by Crippen LogP contribution is 2.35. The summed E-state index contributed by atoms with van der Waals surface area (Å²) in [5, 5.41) is 4.96. The summed E-state index contributed by atoms with van der Waals surface area (Å²) in [7, 11) is 3.69. The first-order valence-corrected chi connectivity index (χ1v) is 12.2. The third-order valence-corrected chi connectivity index (χ3v) is 7.50. The van der Waals surface area contributed by atoms with Gasteiger partial charge in [0.2, 0.25) is 0 Å². The molecule has 162 valence electrons. The summed E-state index contributed by atoms with van der Waals surface area (Å²) in [6.45, 7) is 0. The normalized spacial score (nSPS) is 15.6. The molecule has 7 heteroatoms. The largest absolute Gasteiger partial charge is 0.497 e. The quantitative estimate of drug-likeness (QED) is 0.387. The maximum atomic E-state index is 13.4. The number of nitrogens with one attached hydrogen (secondary N) is 1. The predicted molar refractivity (Wildman–Crippen MR) is 132 cm³/mol. The van der Waals surface area contributed by atoms with Gasteiger partial charge in [-0.25, -0.2) is 5.01 Å². The van der Waals surface area contributed by atoms with E-state index in [1.807, 2.05) is 54.9 Å². The van der Waals surface area contributed by atoms with Crippen LogP contribution in [0.2, 0.25) is 0 Å². The average molecular weight is 462 g/mol. The number of benzene rings is 2. The van der Waals surface area contributed by atoms with Crippen LogP contribution in [0.5, 0.6) is 5.75 Å². The van der Waals surface area contributed by atoms with Crippen LogP contribution in [0.1, 0.15) is 16.5 Å². The number of methoxy groups -OCH3 is 1. The third-order valence-electron chi connectivity index (χ3n) is 5.57. The number of amides is 1. The molecule has 0 radical (unpaired) electrons. The Labute approximate surface area is 195 Å². The lowest BCUT2D eigenvalue weighted by Gasteiger charge is -2.25. The molecule has 3 heterocycles. The van der Waals surface area contributed by atoms with Gasteiger partial charge in [0, 0.05) is 29.0 Å². The van der Waals surface area contributed by atoms with Crippen LogP contribution in [-0.4, -0.2) is 28.3 Å². The van der Waals surface area contributed by atoms with Crippen LogP contribution in [0.15, 0.2) is 83.2 Å². The number of thioether (sulfide) groups is 1. The fraction of sp³-hybridized carbons (Fsp3) is 0.160. The van der Waals surface area contributed by atoms with Crippen molar-refractivity contribution in [2.75, 3.05) is 12.9 Å². The molecular weight excluding hydrogens is 438 g/mol. The highest BCUT2D eigenvalue weighted by Gasteiger charge is 2.31. The number of carbonyl (C=O) groups is 1. The van der Waals surface area contributed by atoms with Crippen molar-refractivity contribution in [1.82, 2.24) is 15.0 Å². The number of aromatic nitrogens is 1. The summed E-state index contributed by atoms with van der Waals surface area (Å²) >= 11 is 3.23. The van der Waals surface area contributed by atoms with Crippen molar-refractivity contribution >= 4 is 45.6 Å². The summed E-state index contributed by atoms with van der Waals surface area (Å²) < 4.78 is 7.40. The van der Waals surface area contributed by atoms with Gasteiger partial charge in [-0.15, -0.1) is 23.1 Å². The molecule has 0 saturated heterocycles. The first kappa shape index (κ1) is 20.7. The molecule has 1 atom stereocenters. The zero-order valence-corrected chi connectivity index (χ0v) is 19.5. The highest BCUT2D eigenvalue weighted by molar-refractivity contribution is 8.00. The highest BCUT2D eigenvalue weighted by atomic mass is 32.2. The van der Waals surface area contributed by atoms with Gasteiger partial charge in [-0.05, 0) is 41.3 Å². The number of fused-ring (bicyclic) bond motifs is 1. The van der Waals surface area contributed by atoms with Crippen LogP contribution in [0, 0.1) is 0 Å². The minimum Gasteiger partial charge on any atom is -0.497 e. The van der Waals surface area contributed by atoms with Crippen molar-refractivity contribution < 1.29 is 9.53 Å². The summed E-state index contributed by atoms with van der Waals surface area (Å²) in [5.74, 6) is 1.18. The minimum atomic E-state index is -0.182. The molecule has 0 bridgehead atoms. The van der Waals surface area contributed by atoms with Gasteiger partial charge >= 0.3 is 0 Å². The Hall–Kier alpha value is -3.16. The van der Waals surface area contributed by atoms with E-state index in [1.165, 1.54) is 10.9 Å². The van der Waals surface area contributed by atoms with E-state index in [0.29, 0.717) is 5.75 Å². The Morgan fingerprint density at radius 2 is 1.94 bits per heavy atom. The maximum Gasteiger partial charge on any atom is 0.252 e. The molecule has 5 nitrogen and oxygen atoms in total. The zero-order chi connectivity index (χ0) is 22.1. The van der Waals surface area contributed by atoms with E-state index in [0.717, 1.165) is 26.8 Å². The molecule has 1 aliphatic heterocycles. The summed E-state index contributed by atoms with van der Waals surface area (Å²) in [4.78, 5) is 15.6. The van der Waals surface area contributed by atoms with Crippen LogP contribution in [0.25, 0.3) is 16.6 Å². The molecule has 4 aromatic rings. The Kier molecular flexibility index (Phi) is 5.68. The van der Waals surface area contributed by atoms with Gasteiger partial charge in [0.15, 0.2) is 0 Å². The first-order valence-electron chi connectivity index (χ1n) is 10.3. The zero-order valence-electron chi connectivity index (χ0n) is 17.8. The third kappa shape index (κ3) is 3.89. The number of hydrazine groups is 1. The molecule has 5 rings (SSSR count). The van der Waals surface area contributed by atoms with E-state index in [2.05, 4.69) is 40.5 Å². The summed E-state index contributed by atoms with van der Waals surface area (Å²) in [5.41, 5.74) is 6.52. The fourth-order valence-electron chi connectivity index (χ4n) is 3.93. The predicted octanol–water partition coefficient (Wildman–Crippen LogP) is 5.47. The Bertz CT molecular complexity index is 1280. The van der Waals surface area contributed by atoms with E-state index in [9.17, 15) is 4.79 Å². The number of para-hydroxylation sites is 1. The maximum absolute atomic E-state index is 13.4. The van der Waals surface area contributed by atoms with E-state index < -0.39 is 0 Å². The van der Waals surface area contributed by atoms with Gasteiger partial charge in [0.25, 0.3) is 5.91 Å². The SMILES string of the molecule is COc1ccc(C2C=C(c3cccs3)NN2C(=O)CSc2cn(C)c3ccccc23)cc1. The lowest BCUT2D eigenvalue weighted by Crippen LogP contribution is -2.40. The molecule has 2 aromatic heterocycles. The average Bonchev–Trinajstić information content (AvgIpc) is 3.57. The fourth-order valence-corrected chi connectivity index (χ4v) is 5.61.